The number of benzene rings is 1. The molecule has 1 heterocycles. The number of hydrogen-bond acceptors (Lipinski definition) is 3. The van der Waals surface area contributed by atoms with Crippen molar-refractivity contribution in [1.82, 2.24) is 10.2 Å². The molecule has 1 atom stereocenters. The number of nitrogens with one attached hydrogen (secondary N) is 1. The molecular formula is C23H34N2O3. The summed E-state index contributed by atoms with van der Waals surface area (Å²) in [5.74, 6) is 1.12. The molecule has 1 aliphatic carbocycles. The van der Waals surface area contributed by atoms with Crippen LogP contribution >= 0.6 is 0 Å². The van der Waals surface area contributed by atoms with Gasteiger partial charge in [0.25, 0.3) is 0 Å². The highest BCUT2D eigenvalue weighted by molar-refractivity contribution is 5.81. The minimum Gasteiger partial charge on any atom is -0.493 e. The van der Waals surface area contributed by atoms with Gasteiger partial charge in [0.2, 0.25) is 11.8 Å². The van der Waals surface area contributed by atoms with Crippen LogP contribution < -0.4 is 10.1 Å². The highest BCUT2D eigenvalue weighted by atomic mass is 16.5. The van der Waals surface area contributed by atoms with Gasteiger partial charge in [-0.1, -0.05) is 37.5 Å². The van der Waals surface area contributed by atoms with E-state index < -0.39 is 0 Å². The molecule has 0 bridgehead atoms. The maximum atomic E-state index is 12.6. The highest BCUT2D eigenvalue weighted by Gasteiger charge is 2.29. The van der Waals surface area contributed by atoms with Crippen LogP contribution in [0.3, 0.4) is 0 Å². The summed E-state index contributed by atoms with van der Waals surface area (Å²) in [7, 11) is 0. The summed E-state index contributed by atoms with van der Waals surface area (Å²) in [6.07, 6.45) is 8.88. The SMILES string of the molecule is Cc1ccccc1OCCCC(=O)N1CCCC(C(=O)NC2CCCCC2)C1. The zero-order valence-electron chi connectivity index (χ0n) is 17.1. The number of carbonyl (C=O) groups excluding carboxylic acids is 2. The first-order valence-corrected chi connectivity index (χ1v) is 10.9. The summed E-state index contributed by atoms with van der Waals surface area (Å²) in [5.41, 5.74) is 1.11. The number of likely N-dealkylation sites (tertiary alicyclic amines) is 1. The fraction of sp³-hybridized carbons (Fsp3) is 0.652. The third kappa shape index (κ3) is 5.98. The van der Waals surface area contributed by atoms with E-state index in [0.717, 1.165) is 43.5 Å². The van der Waals surface area contributed by atoms with E-state index in [1.54, 1.807) is 0 Å². The van der Waals surface area contributed by atoms with Gasteiger partial charge in [-0.25, -0.2) is 0 Å². The van der Waals surface area contributed by atoms with Gasteiger partial charge in [-0.15, -0.1) is 0 Å². The van der Waals surface area contributed by atoms with Gasteiger partial charge in [0.1, 0.15) is 5.75 Å². The van der Waals surface area contributed by atoms with Crippen LogP contribution in [0.4, 0.5) is 0 Å². The fourth-order valence-electron chi connectivity index (χ4n) is 4.27. The molecular weight excluding hydrogens is 352 g/mol. The minimum absolute atomic E-state index is 0.0529. The average Bonchev–Trinajstić information content (AvgIpc) is 2.73. The highest BCUT2D eigenvalue weighted by Crippen LogP contribution is 2.21. The summed E-state index contributed by atoms with van der Waals surface area (Å²) < 4.78 is 5.78. The normalized spacial score (nSPS) is 20.6. The Balaban J connectivity index is 1.38. The lowest BCUT2D eigenvalue weighted by Crippen LogP contribution is -2.47. The number of carbonyl (C=O) groups is 2. The van der Waals surface area contributed by atoms with Gasteiger partial charge < -0.3 is 15.0 Å². The molecule has 0 radical (unpaired) electrons. The molecule has 2 amide bonds. The number of nitrogens with zero attached hydrogens (tertiary/aromatic N) is 1. The van der Waals surface area contributed by atoms with Gasteiger partial charge in [0.15, 0.2) is 0 Å². The molecule has 3 rings (SSSR count). The van der Waals surface area contributed by atoms with Gasteiger partial charge in [0.05, 0.1) is 12.5 Å². The van der Waals surface area contributed by atoms with E-state index in [9.17, 15) is 9.59 Å². The Hall–Kier alpha value is -2.04. The van der Waals surface area contributed by atoms with Crippen LogP contribution in [0.2, 0.25) is 0 Å². The number of hydrogen-bond donors (Lipinski definition) is 1. The van der Waals surface area contributed by atoms with E-state index in [1.165, 1.54) is 19.3 Å². The van der Waals surface area contributed by atoms with Crippen LogP contribution in [0, 0.1) is 12.8 Å². The van der Waals surface area contributed by atoms with Gasteiger partial charge >= 0.3 is 0 Å². The van der Waals surface area contributed by atoms with Crippen LogP contribution in [0.25, 0.3) is 0 Å². The summed E-state index contributed by atoms with van der Waals surface area (Å²) in [6, 6.07) is 8.26. The number of aryl methyl sites for hydroxylation is 1. The van der Waals surface area contributed by atoms with Gasteiger partial charge in [-0.2, -0.15) is 0 Å². The quantitative estimate of drug-likeness (QED) is 0.724. The van der Waals surface area contributed by atoms with Crippen LogP contribution in [0.5, 0.6) is 5.75 Å². The van der Waals surface area contributed by atoms with E-state index in [0.29, 0.717) is 32.0 Å². The minimum atomic E-state index is -0.0529. The maximum absolute atomic E-state index is 12.6. The Labute approximate surface area is 168 Å². The standard InChI is InChI=1S/C23H34N2O3/c1-18-9-5-6-13-21(18)28-16-8-14-22(26)25-15-7-10-19(17-25)23(27)24-20-11-3-2-4-12-20/h5-6,9,13,19-20H,2-4,7-8,10-12,14-17H2,1H3,(H,24,27). The zero-order valence-corrected chi connectivity index (χ0v) is 17.1. The predicted molar refractivity (Wildman–Crippen MR) is 110 cm³/mol. The Morgan fingerprint density at radius 2 is 1.89 bits per heavy atom. The lowest BCUT2D eigenvalue weighted by Gasteiger charge is -2.33. The van der Waals surface area contributed by atoms with Crippen molar-refractivity contribution in [3.63, 3.8) is 0 Å². The Bertz CT molecular complexity index is 655. The Kier molecular flexibility index (Phi) is 7.75. The van der Waals surface area contributed by atoms with Crippen molar-refractivity contribution in [3.8, 4) is 5.75 Å². The molecule has 1 saturated carbocycles. The lowest BCUT2D eigenvalue weighted by molar-refractivity contribution is -0.136. The average molecular weight is 387 g/mol. The molecule has 1 saturated heterocycles. The second-order valence-electron chi connectivity index (χ2n) is 8.24. The van der Waals surface area contributed by atoms with Crippen LogP contribution in [0.1, 0.15) is 63.4 Å². The Morgan fingerprint density at radius 1 is 1.11 bits per heavy atom. The van der Waals surface area contributed by atoms with E-state index >= 15 is 0 Å². The van der Waals surface area contributed by atoms with Crippen molar-refractivity contribution < 1.29 is 14.3 Å². The van der Waals surface area contributed by atoms with Crippen LogP contribution in [-0.2, 0) is 9.59 Å². The number of para-hydroxylation sites is 1. The molecule has 154 valence electrons. The molecule has 1 N–H and O–H groups in total. The first-order chi connectivity index (χ1) is 13.6. The molecule has 5 nitrogen and oxygen atoms in total. The van der Waals surface area contributed by atoms with Crippen molar-refractivity contribution >= 4 is 11.8 Å². The molecule has 5 heteroatoms. The van der Waals surface area contributed by atoms with E-state index in [2.05, 4.69) is 5.32 Å². The van der Waals surface area contributed by atoms with E-state index in [1.807, 2.05) is 36.1 Å². The van der Waals surface area contributed by atoms with Crippen molar-refractivity contribution in [2.24, 2.45) is 5.92 Å². The molecule has 1 aromatic rings. The summed E-state index contributed by atoms with van der Waals surface area (Å²) in [4.78, 5) is 27.1. The van der Waals surface area contributed by atoms with Crippen molar-refractivity contribution in [1.29, 1.82) is 0 Å². The van der Waals surface area contributed by atoms with E-state index in [4.69, 9.17) is 4.74 Å². The number of amides is 2. The molecule has 2 fully saturated rings. The molecule has 1 aliphatic heterocycles. The van der Waals surface area contributed by atoms with Gasteiger partial charge in [-0.05, 0) is 50.7 Å². The predicted octanol–water partition coefficient (Wildman–Crippen LogP) is 3.84. The second kappa shape index (κ2) is 10.5. The van der Waals surface area contributed by atoms with Crippen molar-refractivity contribution in [2.75, 3.05) is 19.7 Å². The van der Waals surface area contributed by atoms with Crippen molar-refractivity contribution in [3.05, 3.63) is 29.8 Å². The molecule has 2 aliphatic rings. The monoisotopic (exact) mass is 386 g/mol. The van der Waals surface area contributed by atoms with E-state index in [-0.39, 0.29) is 17.7 Å². The molecule has 0 aromatic heterocycles. The van der Waals surface area contributed by atoms with Crippen molar-refractivity contribution in [2.45, 2.75) is 70.8 Å². The number of ether oxygens (including phenoxy) is 1. The Morgan fingerprint density at radius 3 is 2.68 bits per heavy atom. The lowest BCUT2D eigenvalue weighted by atomic mass is 9.93. The third-order valence-electron chi connectivity index (χ3n) is 5.98. The number of rotatable bonds is 7. The first-order valence-electron chi connectivity index (χ1n) is 10.9. The summed E-state index contributed by atoms with van der Waals surface area (Å²) >= 11 is 0. The van der Waals surface area contributed by atoms with Crippen LogP contribution in [0.15, 0.2) is 24.3 Å². The second-order valence-corrected chi connectivity index (χ2v) is 8.24. The topological polar surface area (TPSA) is 58.6 Å². The van der Waals surface area contributed by atoms with Gasteiger partial charge in [0, 0.05) is 25.6 Å². The fourth-order valence-corrected chi connectivity index (χ4v) is 4.27. The molecule has 1 aromatic carbocycles. The maximum Gasteiger partial charge on any atom is 0.225 e. The van der Waals surface area contributed by atoms with Crippen LogP contribution in [-0.4, -0.2) is 42.5 Å². The summed E-state index contributed by atoms with van der Waals surface area (Å²) in [6.45, 7) is 3.89. The zero-order chi connectivity index (χ0) is 19.8. The first kappa shape index (κ1) is 20.7. The smallest absolute Gasteiger partial charge is 0.225 e. The van der Waals surface area contributed by atoms with Gasteiger partial charge in [-0.3, -0.25) is 9.59 Å². The largest absolute Gasteiger partial charge is 0.493 e. The molecule has 1 unspecified atom stereocenters. The third-order valence-corrected chi connectivity index (χ3v) is 5.98. The number of piperidine rings is 1. The molecule has 28 heavy (non-hydrogen) atoms. The molecule has 0 spiro atoms. The summed E-state index contributed by atoms with van der Waals surface area (Å²) in [5, 5.41) is 3.23.